The number of amides is 1. The normalized spacial score (nSPS) is 18.4. The first kappa shape index (κ1) is 23.1. The van der Waals surface area contributed by atoms with E-state index in [0.717, 1.165) is 67.2 Å². The summed E-state index contributed by atoms with van der Waals surface area (Å²) in [6.07, 6.45) is 7.50. The highest BCUT2D eigenvalue weighted by Gasteiger charge is 2.27. The maximum absolute atomic E-state index is 12.3. The van der Waals surface area contributed by atoms with Crippen LogP contribution in [0.5, 0.6) is 0 Å². The Morgan fingerprint density at radius 1 is 1.15 bits per heavy atom. The molecule has 2 aromatic heterocycles. The van der Waals surface area contributed by atoms with Crippen molar-refractivity contribution in [2.75, 3.05) is 6.54 Å². The minimum Gasteiger partial charge on any atom is -0.356 e. The van der Waals surface area contributed by atoms with Crippen LogP contribution in [0.3, 0.4) is 0 Å². The molecule has 0 spiro atoms. The Balaban J connectivity index is 1.33. The van der Waals surface area contributed by atoms with Gasteiger partial charge < -0.3 is 9.84 Å². The second-order valence-electron chi connectivity index (χ2n) is 9.52. The van der Waals surface area contributed by atoms with Gasteiger partial charge in [0.25, 0.3) is 0 Å². The lowest BCUT2D eigenvalue weighted by Gasteiger charge is -2.29. The number of hydrogen-bond donors (Lipinski definition) is 1. The number of benzene rings is 1. The lowest BCUT2D eigenvalue weighted by Crippen LogP contribution is -2.31. The van der Waals surface area contributed by atoms with Crippen molar-refractivity contribution in [3.05, 3.63) is 65.4 Å². The minimum absolute atomic E-state index is 0.140. The summed E-state index contributed by atoms with van der Waals surface area (Å²) in [4.78, 5) is 21.8. The Labute approximate surface area is 196 Å². The topological polar surface area (TPSA) is 80.9 Å². The van der Waals surface area contributed by atoms with Crippen LogP contribution in [0.2, 0.25) is 0 Å². The van der Waals surface area contributed by atoms with Gasteiger partial charge in [-0.15, -0.1) is 0 Å². The number of hydrogen-bond acceptors (Lipinski definition) is 5. The molecule has 1 aliphatic rings. The molecule has 3 aromatic rings. The van der Waals surface area contributed by atoms with Crippen LogP contribution in [0.4, 0.5) is 0 Å². The molecule has 1 aliphatic carbocycles. The van der Waals surface area contributed by atoms with E-state index in [9.17, 15) is 4.79 Å². The largest absolute Gasteiger partial charge is 0.356 e. The summed E-state index contributed by atoms with van der Waals surface area (Å²) in [6.45, 7) is 6.93. The molecule has 174 valence electrons. The van der Waals surface area contributed by atoms with Crippen molar-refractivity contribution in [3.8, 4) is 11.3 Å². The predicted molar refractivity (Wildman–Crippen MR) is 129 cm³/mol. The van der Waals surface area contributed by atoms with Crippen molar-refractivity contribution in [2.45, 2.75) is 71.1 Å². The highest BCUT2D eigenvalue weighted by molar-refractivity contribution is 5.76. The van der Waals surface area contributed by atoms with Gasteiger partial charge in [0, 0.05) is 37.1 Å². The lowest BCUT2D eigenvalue weighted by molar-refractivity contribution is -0.121. The highest BCUT2D eigenvalue weighted by Crippen LogP contribution is 2.39. The molecule has 1 amide bonds. The van der Waals surface area contributed by atoms with Gasteiger partial charge in [-0.05, 0) is 50.5 Å². The molecule has 0 radical (unpaired) electrons. The van der Waals surface area contributed by atoms with Crippen molar-refractivity contribution < 1.29 is 9.32 Å². The molecular formula is C27H34N4O2. The number of rotatable bonds is 8. The van der Waals surface area contributed by atoms with Gasteiger partial charge in [-0.25, -0.2) is 9.97 Å². The Bertz CT molecular complexity index is 1050. The van der Waals surface area contributed by atoms with E-state index in [2.05, 4.69) is 41.4 Å². The third-order valence-electron chi connectivity index (χ3n) is 6.55. The van der Waals surface area contributed by atoms with Crippen LogP contribution >= 0.6 is 0 Å². The van der Waals surface area contributed by atoms with Crippen molar-refractivity contribution in [3.63, 3.8) is 0 Å². The van der Waals surface area contributed by atoms with Crippen molar-refractivity contribution in [1.82, 2.24) is 20.4 Å². The van der Waals surface area contributed by atoms with E-state index in [4.69, 9.17) is 9.51 Å². The fourth-order valence-electron chi connectivity index (χ4n) is 4.57. The monoisotopic (exact) mass is 446 g/mol. The maximum atomic E-state index is 12.3. The molecule has 0 unspecified atom stereocenters. The van der Waals surface area contributed by atoms with Gasteiger partial charge in [-0.3, -0.25) is 4.79 Å². The molecule has 1 saturated carbocycles. The lowest BCUT2D eigenvalue weighted by atomic mass is 9.79. The van der Waals surface area contributed by atoms with E-state index in [1.165, 1.54) is 5.56 Å². The fraction of sp³-hybridized carbons (Fsp3) is 0.481. The summed E-state index contributed by atoms with van der Waals surface area (Å²) < 4.78 is 5.55. The fourth-order valence-corrected chi connectivity index (χ4v) is 4.57. The number of aromatic nitrogens is 3. The van der Waals surface area contributed by atoms with E-state index < -0.39 is 0 Å². The molecule has 1 N–H and O–H groups in total. The van der Waals surface area contributed by atoms with Gasteiger partial charge in [-0.1, -0.05) is 49.3 Å². The standard InChI is InChI=1S/C27H34N4O2/c1-18(2)27-29-17-23(24-15-19(3)31-33-24)26(30-27)22-12-9-21(10-13-22)16-28-25(32)14-11-20-7-5-4-6-8-20/h4-8,15,17-18,21-22H,9-14,16H2,1-3H3,(H,28,32). The van der Waals surface area contributed by atoms with E-state index in [-0.39, 0.29) is 11.8 Å². The van der Waals surface area contributed by atoms with Gasteiger partial charge in [0.05, 0.1) is 17.0 Å². The molecule has 0 aliphatic heterocycles. The summed E-state index contributed by atoms with van der Waals surface area (Å²) in [5.41, 5.74) is 4.10. The van der Waals surface area contributed by atoms with E-state index >= 15 is 0 Å². The second kappa shape index (κ2) is 10.7. The molecule has 6 nitrogen and oxygen atoms in total. The van der Waals surface area contributed by atoms with Gasteiger partial charge in [0.2, 0.25) is 5.91 Å². The SMILES string of the molecule is Cc1cc(-c2cnc(C(C)C)nc2C2CCC(CNC(=O)CCc3ccccc3)CC2)on1. The summed E-state index contributed by atoms with van der Waals surface area (Å²) in [5, 5.41) is 7.21. The van der Waals surface area contributed by atoms with Gasteiger partial charge >= 0.3 is 0 Å². The third-order valence-corrected chi connectivity index (χ3v) is 6.55. The number of nitrogens with zero attached hydrogens (tertiary/aromatic N) is 3. The predicted octanol–water partition coefficient (Wildman–Crippen LogP) is 5.59. The minimum atomic E-state index is 0.140. The van der Waals surface area contributed by atoms with Gasteiger partial charge in [-0.2, -0.15) is 0 Å². The van der Waals surface area contributed by atoms with Gasteiger partial charge in [0.15, 0.2) is 5.76 Å². The van der Waals surface area contributed by atoms with Crippen LogP contribution in [0.25, 0.3) is 11.3 Å². The average molecular weight is 447 g/mol. The van der Waals surface area contributed by atoms with Crippen LogP contribution in [-0.4, -0.2) is 27.6 Å². The molecule has 1 fully saturated rings. The summed E-state index contributed by atoms with van der Waals surface area (Å²) in [6, 6.07) is 12.1. The maximum Gasteiger partial charge on any atom is 0.220 e. The summed E-state index contributed by atoms with van der Waals surface area (Å²) in [7, 11) is 0. The van der Waals surface area contributed by atoms with Crippen LogP contribution in [0, 0.1) is 12.8 Å². The number of nitrogens with one attached hydrogen (secondary N) is 1. The van der Waals surface area contributed by atoms with Crippen molar-refractivity contribution in [1.29, 1.82) is 0 Å². The molecular weight excluding hydrogens is 412 g/mol. The first-order chi connectivity index (χ1) is 16.0. The van der Waals surface area contributed by atoms with E-state index in [1.807, 2.05) is 37.4 Å². The smallest absolute Gasteiger partial charge is 0.220 e. The van der Waals surface area contributed by atoms with Crippen LogP contribution < -0.4 is 5.32 Å². The Morgan fingerprint density at radius 2 is 1.91 bits per heavy atom. The van der Waals surface area contributed by atoms with Crippen LogP contribution in [-0.2, 0) is 11.2 Å². The first-order valence-electron chi connectivity index (χ1n) is 12.1. The average Bonchev–Trinajstić information content (AvgIpc) is 3.28. The Hall–Kier alpha value is -3.02. The molecule has 1 aromatic carbocycles. The number of carbonyl (C=O) groups excluding carboxylic acids is 1. The summed E-state index contributed by atoms with van der Waals surface area (Å²) >= 11 is 0. The van der Waals surface area contributed by atoms with Crippen LogP contribution in [0.1, 0.15) is 80.6 Å². The molecule has 2 heterocycles. The quantitative estimate of drug-likeness (QED) is 0.488. The van der Waals surface area contributed by atoms with E-state index in [1.54, 1.807) is 0 Å². The zero-order chi connectivity index (χ0) is 23.2. The third kappa shape index (κ3) is 6.06. The van der Waals surface area contributed by atoms with E-state index in [0.29, 0.717) is 18.3 Å². The first-order valence-corrected chi connectivity index (χ1v) is 12.1. The highest BCUT2D eigenvalue weighted by atomic mass is 16.5. The second-order valence-corrected chi connectivity index (χ2v) is 9.52. The Morgan fingerprint density at radius 3 is 2.58 bits per heavy atom. The van der Waals surface area contributed by atoms with Gasteiger partial charge in [0.1, 0.15) is 5.82 Å². The molecule has 0 atom stereocenters. The zero-order valence-corrected chi connectivity index (χ0v) is 19.9. The molecule has 33 heavy (non-hydrogen) atoms. The zero-order valence-electron chi connectivity index (χ0n) is 19.9. The molecule has 4 rings (SSSR count). The molecule has 0 bridgehead atoms. The van der Waals surface area contributed by atoms with Crippen molar-refractivity contribution >= 4 is 5.91 Å². The summed E-state index contributed by atoms with van der Waals surface area (Å²) in [5.74, 6) is 2.92. The van der Waals surface area contributed by atoms with Crippen molar-refractivity contribution in [2.24, 2.45) is 5.92 Å². The number of aryl methyl sites for hydroxylation is 2. The molecule has 6 heteroatoms. The number of carbonyl (C=O) groups is 1. The van der Waals surface area contributed by atoms with Crippen LogP contribution in [0.15, 0.2) is 47.1 Å². The Kier molecular flexibility index (Phi) is 7.53. The molecule has 0 saturated heterocycles.